The lowest BCUT2D eigenvalue weighted by Crippen LogP contribution is -2.30. The Morgan fingerprint density at radius 2 is 2.08 bits per heavy atom. The zero-order valence-electron chi connectivity index (χ0n) is 12.8. The van der Waals surface area contributed by atoms with Gasteiger partial charge >= 0.3 is 0 Å². The molecule has 0 bridgehead atoms. The molecule has 0 radical (unpaired) electrons. The summed E-state index contributed by atoms with van der Waals surface area (Å²) in [5.41, 5.74) is 5.84. The average molecular weight is 337 g/mol. The first kappa shape index (κ1) is 16.5. The number of aliphatic hydroxyl groups is 1. The maximum Gasteiger partial charge on any atom is 0.252 e. The van der Waals surface area contributed by atoms with Crippen LogP contribution in [0.2, 0.25) is 0 Å². The molecule has 1 saturated heterocycles. The molecule has 9 heteroatoms. The van der Waals surface area contributed by atoms with E-state index in [9.17, 15) is 13.6 Å². The number of para-hydroxylation sites is 1. The minimum Gasteiger partial charge on any atom is -0.395 e. The van der Waals surface area contributed by atoms with Crippen LogP contribution in [0.1, 0.15) is 18.2 Å². The molecular weight excluding hydrogens is 320 g/mol. The Labute approximate surface area is 136 Å². The molecule has 3 rings (SSSR count). The summed E-state index contributed by atoms with van der Waals surface area (Å²) in [4.78, 5) is 13.6. The monoisotopic (exact) mass is 337 g/mol. The van der Waals surface area contributed by atoms with Gasteiger partial charge in [-0.2, -0.15) is 0 Å². The van der Waals surface area contributed by atoms with E-state index in [1.165, 1.54) is 10.7 Å². The van der Waals surface area contributed by atoms with E-state index < -0.39 is 29.6 Å². The van der Waals surface area contributed by atoms with Gasteiger partial charge in [0.25, 0.3) is 5.91 Å². The first-order valence-electron chi connectivity index (χ1n) is 7.53. The standard InChI is InChI=1S/C15H17F2N5O2/c16-11-2-1-3-12(17)14(11)21-5-4-13(15(21)24)22-7-10(19-20-22)6-9(18)8-23/h1-3,7,9,13,23H,4-6,8,18H2. The molecule has 2 aromatic rings. The lowest BCUT2D eigenvalue weighted by atomic mass is 10.2. The highest BCUT2D eigenvalue weighted by atomic mass is 19.1. The van der Waals surface area contributed by atoms with Gasteiger partial charge in [0.05, 0.1) is 12.3 Å². The van der Waals surface area contributed by atoms with Crippen LogP contribution < -0.4 is 10.6 Å². The normalized spacial score (nSPS) is 19.1. The lowest BCUT2D eigenvalue weighted by Gasteiger charge is -2.18. The van der Waals surface area contributed by atoms with Crippen molar-refractivity contribution in [2.75, 3.05) is 18.1 Å². The van der Waals surface area contributed by atoms with Crippen LogP contribution in [0.3, 0.4) is 0 Å². The number of anilines is 1. The molecule has 1 aliphatic rings. The highest BCUT2D eigenvalue weighted by Gasteiger charge is 2.37. The van der Waals surface area contributed by atoms with Gasteiger partial charge in [-0.3, -0.25) is 4.79 Å². The SMILES string of the molecule is NC(CO)Cc1cn(C2CCN(c3c(F)cccc3F)C2=O)nn1. The Kier molecular flexibility index (Phi) is 4.54. The predicted octanol–water partition coefficient (Wildman–Crippen LogP) is 0.396. The molecule has 128 valence electrons. The van der Waals surface area contributed by atoms with Crippen molar-refractivity contribution < 1.29 is 18.7 Å². The van der Waals surface area contributed by atoms with E-state index in [2.05, 4.69) is 10.3 Å². The van der Waals surface area contributed by atoms with Gasteiger partial charge in [0.2, 0.25) is 0 Å². The summed E-state index contributed by atoms with van der Waals surface area (Å²) in [5.74, 6) is -2.00. The third-order valence-corrected chi connectivity index (χ3v) is 3.97. The van der Waals surface area contributed by atoms with Crippen LogP contribution in [0.5, 0.6) is 0 Å². The number of aliphatic hydroxyl groups excluding tert-OH is 1. The van der Waals surface area contributed by atoms with Gasteiger partial charge in [-0.05, 0) is 18.6 Å². The molecule has 1 aromatic heterocycles. The van der Waals surface area contributed by atoms with E-state index in [0.717, 1.165) is 17.0 Å². The van der Waals surface area contributed by atoms with E-state index in [1.54, 1.807) is 6.20 Å². The van der Waals surface area contributed by atoms with Crippen LogP contribution in [0, 0.1) is 11.6 Å². The molecule has 0 saturated carbocycles. The number of aromatic nitrogens is 3. The lowest BCUT2D eigenvalue weighted by molar-refractivity contribution is -0.120. The van der Waals surface area contributed by atoms with E-state index in [1.807, 2.05) is 0 Å². The molecule has 3 N–H and O–H groups in total. The van der Waals surface area contributed by atoms with Crippen LogP contribution >= 0.6 is 0 Å². The number of amides is 1. The van der Waals surface area contributed by atoms with E-state index >= 15 is 0 Å². The van der Waals surface area contributed by atoms with E-state index in [-0.39, 0.29) is 18.8 Å². The van der Waals surface area contributed by atoms with Crippen molar-refractivity contribution in [2.24, 2.45) is 5.73 Å². The van der Waals surface area contributed by atoms with Gasteiger partial charge in [0.1, 0.15) is 23.4 Å². The third kappa shape index (κ3) is 3.00. The number of carbonyl (C=O) groups is 1. The molecule has 2 heterocycles. The molecule has 1 amide bonds. The van der Waals surface area contributed by atoms with Gasteiger partial charge in [0.15, 0.2) is 0 Å². The summed E-state index contributed by atoms with van der Waals surface area (Å²) >= 11 is 0. The number of nitrogens with two attached hydrogens (primary N) is 1. The Bertz CT molecular complexity index is 731. The number of halogens is 2. The number of benzene rings is 1. The quantitative estimate of drug-likeness (QED) is 0.823. The predicted molar refractivity (Wildman–Crippen MR) is 81.2 cm³/mol. The van der Waals surface area contributed by atoms with Crippen molar-refractivity contribution in [3.63, 3.8) is 0 Å². The van der Waals surface area contributed by atoms with Crippen LogP contribution in [-0.2, 0) is 11.2 Å². The summed E-state index contributed by atoms with van der Waals surface area (Å²) in [6.07, 6.45) is 2.25. The summed E-state index contributed by atoms with van der Waals surface area (Å²) in [6, 6.07) is 2.35. The zero-order chi connectivity index (χ0) is 17.3. The molecule has 2 atom stereocenters. The summed E-state index contributed by atoms with van der Waals surface area (Å²) in [5, 5.41) is 16.8. The molecule has 24 heavy (non-hydrogen) atoms. The number of hydrogen-bond donors (Lipinski definition) is 2. The minimum absolute atomic E-state index is 0.185. The van der Waals surface area contributed by atoms with Crippen LogP contribution in [0.15, 0.2) is 24.4 Å². The summed E-state index contributed by atoms with van der Waals surface area (Å²) in [7, 11) is 0. The number of hydrogen-bond acceptors (Lipinski definition) is 5. The van der Waals surface area contributed by atoms with Crippen LogP contribution in [0.25, 0.3) is 0 Å². The fraction of sp³-hybridized carbons (Fsp3) is 0.400. The van der Waals surface area contributed by atoms with Crippen LogP contribution in [-0.4, -0.2) is 45.2 Å². The average Bonchev–Trinajstić information content (AvgIpc) is 3.14. The van der Waals surface area contributed by atoms with Gasteiger partial charge in [0, 0.05) is 25.2 Å². The molecule has 0 spiro atoms. The number of nitrogens with zero attached hydrogens (tertiary/aromatic N) is 4. The van der Waals surface area contributed by atoms with Crippen molar-refractivity contribution in [2.45, 2.75) is 24.9 Å². The third-order valence-electron chi connectivity index (χ3n) is 3.97. The van der Waals surface area contributed by atoms with Gasteiger partial charge in [-0.25, -0.2) is 13.5 Å². The number of carbonyl (C=O) groups excluding carboxylic acids is 1. The molecule has 1 fully saturated rings. The molecule has 1 aliphatic heterocycles. The zero-order valence-corrected chi connectivity index (χ0v) is 12.8. The summed E-state index contributed by atoms with van der Waals surface area (Å²) < 4.78 is 29.1. The van der Waals surface area contributed by atoms with E-state index in [4.69, 9.17) is 10.8 Å². The smallest absolute Gasteiger partial charge is 0.252 e. The fourth-order valence-electron chi connectivity index (χ4n) is 2.77. The van der Waals surface area contributed by atoms with E-state index in [0.29, 0.717) is 18.5 Å². The molecule has 0 aliphatic carbocycles. The topological polar surface area (TPSA) is 97.3 Å². The van der Waals surface area contributed by atoms with Crippen molar-refractivity contribution >= 4 is 11.6 Å². The first-order chi connectivity index (χ1) is 11.5. The van der Waals surface area contributed by atoms with Gasteiger partial charge in [-0.1, -0.05) is 11.3 Å². The van der Waals surface area contributed by atoms with Crippen molar-refractivity contribution in [3.05, 3.63) is 41.7 Å². The summed E-state index contributed by atoms with van der Waals surface area (Å²) in [6.45, 7) is 0.00224. The minimum atomic E-state index is -0.780. The fourth-order valence-corrected chi connectivity index (χ4v) is 2.77. The van der Waals surface area contributed by atoms with Crippen LogP contribution in [0.4, 0.5) is 14.5 Å². The molecule has 7 nitrogen and oxygen atoms in total. The first-order valence-corrected chi connectivity index (χ1v) is 7.53. The van der Waals surface area contributed by atoms with Crippen molar-refractivity contribution in [1.82, 2.24) is 15.0 Å². The maximum atomic E-state index is 13.9. The Balaban J connectivity index is 1.79. The highest BCUT2D eigenvalue weighted by Crippen LogP contribution is 2.31. The van der Waals surface area contributed by atoms with Crippen molar-refractivity contribution in [1.29, 1.82) is 0 Å². The maximum absolute atomic E-state index is 13.9. The second-order valence-electron chi connectivity index (χ2n) is 5.70. The number of rotatable bonds is 5. The molecule has 2 unspecified atom stereocenters. The van der Waals surface area contributed by atoms with Crippen molar-refractivity contribution in [3.8, 4) is 0 Å². The molecule has 1 aromatic carbocycles. The second-order valence-corrected chi connectivity index (χ2v) is 5.70. The second kappa shape index (κ2) is 6.62. The van der Waals surface area contributed by atoms with Gasteiger partial charge < -0.3 is 15.7 Å². The largest absolute Gasteiger partial charge is 0.395 e. The Morgan fingerprint density at radius 1 is 1.38 bits per heavy atom. The Hall–Kier alpha value is -2.39. The Morgan fingerprint density at radius 3 is 2.75 bits per heavy atom. The van der Waals surface area contributed by atoms with Gasteiger partial charge in [-0.15, -0.1) is 5.10 Å². The molecular formula is C15H17F2N5O2. The highest BCUT2D eigenvalue weighted by molar-refractivity contribution is 5.98.